The lowest BCUT2D eigenvalue weighted by Gasteiger charge is -2.11. The summed E-state index contributed by atoms with van der Waals surface area (Å²) in [5, 5.41) is 13.5. The molecule has 0 atom stereocenters. The lowest BCUT2D eigenvalue weighted by atomic mass is 10.1. The van der Waals surface area contributed by atoms with E-state index in [1.54, 1.807) is 30.0 Å². The van der Waals surface area contributed by atoms with Crippen molar-refractivity contribution in [3.05, 3.63) is 35.4 Å². The van der Waals surface area contributed by atoms with Crippen LogP contribution in [0.25, 0.3) is 0 Å². The summed E-state index contributed by atoms with van der Waals surface area (Å²) in [4.78, 5) is 15.7. The third-order valence-electron chi connectivity index (χ3n) is 1.92. The van der Waals surface area contributed by atoms with E-state index in [4.69, 9.17) is 9.94 Å². The zero-order valence-corrected chi connectivity index (χ0v) is 8.66. The monoisotopic (exact) mass is 223 g/mol. The van der Waals surface area contributed by atoms with Crippen LogP contribution in [0.5, 0.6) is 0 Å². The molecule has 0 aromatic heterocycles. The maximum Gasteiger partial charge on any atom is 0.335 e. The molecule has 1 aromatic carbocycles. The van der Waals surface area contributed by atoms with E-state index < -0.39 is 5.97 Å². The highest BCUT2D eigenvalue weighted by atomic mass is 32.2. The van der Waals surface area contributed by atoms with Gasteiger partial charge >= 0.3 is 5.97 Å². The summed E-state index contributed by atoms with van der Waals surface area (Å²) in [5.41, 5.74) is 1.06. The van der Waals surface area contributed by atoms with Crippen molar-refractivity contribution in [2.75, 3.05) is 12.4 Å². The lowest BCUT2D eigenvalue weighted by Crippen LogP contribution is -2.08. The summed E-state index contributed by atoms with van der Waals surface area (Å²) in [5.74, 6) is -0.0879. The first-order chi connectivity index (χ1) is 7.27. The van der Waals surface area contributed by atoms with Crippen molar-refractivity contribution in [3.8, 4) is 0 Å². The van der Waals surface area contributed by atoms with Gasteiger partial charge < -0.3 is 9.94 Å². The van der Waals surface area contributed by atoms with Crippen LogP contribution in [-0.4, -0.2) is 28.5 Å². The topological polar surface area (TPSA) is 58.9 Å². The Balaban J connectivity index is 2.31. The number of carboxylic acids is 1. The van der Waals surface area contributed by atoms with Gasteiger partial charge in [-0.25, -0.2) is 4.79 Å². The molecule has 5 heteroatoms. The average Bonchev–Trinajstić information content (AvgIpc) is 2.30. The summed E-state index contributed by atoms with van der Waals surface area (Å²) in [6, 6.07) is 6.69. The molecule has 0 aliphatic carbocycles. The first-order valence-electron chi connectivity index (χ1n) is 4.44. The minimum Gasteiger partial charge on any atom is -0.478 e. The molecule has 78 valence electrons. The standard InChI is InChI=1S/C10H9NO3S/c12-10(13)8-3-1-2-7(6-8)9-11-14-4-5-15-9/h1-3,6H,4-5H2,(H,12,13). The summed E-state index contributed by atoms with van der Waals surface area (Å²) < 4.78 is 0. The fraction of sp³-hybridized carbons (Fsp3) is 0.200. The number of nitrogens with zero attached hydrogens (tertiary/aromatic N) is 1. The SMILES string of the molecule is O=C(O)c1cccc(C2=NOCCS2)c1. The van der Waals surface area contributed by atoms with Gasteiger partial charge in [-0.2, -0.15) is 0 Å². The molecule has 0 radical (unpaired) electrons. The van der Waals surface area contributed by atoms with Gasteiger partial charge in [-0.05, 0) is 12.1 Å². The van der Waals surface area contributed by atoms with Crippen LogP contribution in [0.4, 0.5) is 0 Å². The summed E-state index contributed by atoms with van der Waals surface area (Å²) in [6.45, 7) is 0.604. The number of thioether (sulfide) groups is 1. The molecule has 1 aliphatic rings. The molecule has 0 saturated heterocycles. The van der Waals surface area contributed by atoms with Crippen LogP contribution in [0.15, 0.2) is 29.4 Å². The molecule has 0 amide bonds. The van der Waals surface area contributed by atoms with Gasteiger partial charge in [-0.1, -0.05) is 29.1 Å². The van der Waals surface area contributed by atoms with Gasteiger partial charge in [0.05, 0.1) is 5.56 Å². The minimum absolute atomic E-state index is 0.265. The largest absolute Gasteiger partial charge is 0.478 e. The molecule has 1 N–H and O–H groups in total. The smallest absolute Gasteiger partial charge is 0.335 e. The zero-order chi connectivity index (χ0) is 10.7. The normalized spacial score (nSPS) is 15.3. The Bertz CT molecular complexity index is 417. The predicted octanol–water partition coefficient (Wildman–Crippen LogP) is 1.81. The summed E-state index contributed by atoms with van der Waals surface area (Å²) in [6.07, 6.45) is 0. The van der Waals surface area contributed by atoms with Crippen LogP contribution in [-0.2, 0) is 4.84 Å². The molecule has 1 aromatic rings. The van der Waals surface area contributed by atoms with Crippen LogP contribution in [0, 0.1) is 0 Å². The van der Waals surface area contributed by atoms with Crippen molar-refractivity contribution < 1.29 is 14.7 Å². The second kappa shape index (κ2) is 4.35. The minimum atomic E-state index is -0.931. The Kier molecular flexibility index (Phi) is 2.91. The maximum absolute atomic E-state index is 10.8. The van der Waals surface area contributed by atoms with Gasteiger partial charge in [0.1, 0.15) is 11.7 Å². The quantitative estimate of drug-likeness (QED) is 0.830. The van der Waals surface area contributed by atoms with E-state index in [9.17, 15) is 4.79 Å². The summed E-state index contributed by atoms with van der Waals surface area (Å²) >= 11 is 1.57. The Hall–Kier alpha value is -1.49. The number of carboxylic acid groups (broad SMARTS) is 1. The average molecular weight is 223 g/mol. The molecular formula is C10H9NO3S. The van der Waals surface area contributed by atoms with Gasteiger partial charge in [0.25, 0.3) is 0 Å². The first kappa shape index (κ1) is 10.0. The number of hydrogen-bond donors (Lipinski definition) is 1. The van der Waals surface area contributed by atoms with Crippen molar-refractivity contribution in [2.45, 2.75) is 0 Å². The third-order valence-corrected chi connectivity index (χ3v) is 2.87. The number of benzene rings is 1. The van der Waals surface area contributed by atoms with Crippen molar-refractivity contribution >= 4 is 22.8 Å². The van der Waals surface area contributed by atoms with Crippen LogP contribution >= 0.6 is 11.8 Å². The Morgan fingerprint density at radius 2 is 2.40 bits per heavy atom. The van der Waals surface area contributed by atoms with Gasteiger partial charge in [-0.15, -0.1) is 0 Å². The molecule has 2 rings (SSSR count). The fourth-order valence-electron chi connectivity index (χ4n) is 1.23. The molecule has 0 unspecified atom stereocenters. The second-order valence-corrected chi connectivity index (χ2v) is 4.05. The molecule has 0 spiro atoms. The van der Waals surface area contributed by atoms with E-state index in [1.165, 1.54) is 0 Å². The van der Waals surface area contributed by atoms with E-state index in [0.29, 0.717) is 6.61 Å². The number of hydrogen-bond acceptors (Lipinski definition) is 4. The number of carbonyl (C=O) groups is 1. The number of oxime groups is 1. The fourth-order valence-corrected chi connectivity index (χ4v) is 1.98. The van der Waals surface area contributed by atoms with Gasteiger partial charge in [0.2, 0.25) is 0 Å². The van der Waals surface area contributed by atoms with E-state index in [2.05, 4.69) is 5.16 Å². The van der Waals surface area contributed by atoms with Gasteiger partial charge in [0, 0.05) is 11.3 Å². The molecule has 4 nitrogen and oxygen atoms in total. The number of rotatable bonds is 2. The molecule has 0 fully saturated rings. The lowest BCUT2D eigenvalue weighted by molar-refractivity contribution is 0.0697. The molecule has 0 saturated carbocycles. The van der Waals surface area contributed by atoms with Crippen molar-refractivity contribution in [1.29, 1.82) is 0 Å². The van der Waals surface area contributed by atoms with Gasteiger partial charge in [0.15, 0.2) is 0 Å². The predicted molar refractivity (Wildman–Crippen MR) is 58.3 cm³/mol. The van der Waals surface area contributed by atoms with E-state index >= 15 is 0 Å². The first-order valence-corrected chi connectivity index (χ1v) is 5.42. The number of aromatic carboxylic acids is 1. The molecule has 1 aliphatic heterocycles. The maximum atomic E-state index is 10.8. The van der Waals surface area contributed by atoms with Crippen molar-refractivity contribution in [1.82, 2.24) is 0 Å². The Labute approximate surface area is 90.9 Å². The van der Waals surface area contributed by atoms with Crippen LogP contribution < -0.4 is 0 Å². The summed E-state index contributed by atoms with van der Waals surface area (Å²) in [7, 11) is 0. The second-order valence-electron chi connectivity index (χ2n) is 2.96. The Morgan fingerprint density at radius 3 is 3.07 bits per heavy atom. The molecule has 0 bridgehead atoms. The zero-order valence-electron chi connectivity index (χ0n) is 7.84. The molecular weight excluding hydrogens is 214 g/mol. The van der Waals surface area contributed by atoms with E-state index in [1.807, 2.05) is 6.07 Å². The highest BCUT2D eigenvalue weighted by Crippen LogP contribution is 2.18. The molecule has 1 heterocycles. The van der Waals surface area contributed by atoms with Crippen LogP contribution in [0.3, 0.4) is 0 Å². The van der Waals surface area contributed by atoms with Crippen molar-refractivity contribution in [3.63, 3.8) is 0 Å². The highest BCUT2D eigenvalue weighted by molar-refractivity contribution is 8.14. The third kappa shape index (κ3) is 2.30. The molecule has 15 heavy (non-hydrogen) atoms. The van der Waals surface area contributed by atoms with E-state index in [-0.39, 0.29) is 5.56 Å². The van der Waals surface area contributed by atoms with Crippen LogP contribution in [0.2, 0.25) is 0 Å². The van der Waals surface area contributed by atoms with E-state index in [0.717, 1.165) is 16.4 Å². The Morgan fingerprint density at radius 1 is 1.53 bits per heavy atom. The van der Waals surface area contributed by atoms with Gasteiger partial charge in [-0.3, -0.25) is 0 Å². The van der Waals surface area contributed by atoms with Crippen molar-refractivity contribution in [2.24, 2.45) is 5.16 Å². The van der Waals surface area contributed by atoms with Crippen LogP contribution in [0.1, 0.15) is 15.9 Å². The highest BCUT2D eigenvalue weighted by Gasteiger charge is 2.11.